The van der Waals surface area contributed by atoms with E-state index in [2.05, 4.69) is 15.9 Å². The highest BCUT2D eigenvalue weighted by Crippen LogP contribution is 2.52. The van der Waals surface area contributed by atoms with E-state index in [4.69, 9.17) is 9.47 Å². The number of benzene rings is 2. The van der Waals surface area contributed by atoms with Crippen LogP contribution in [-0.4, -0.2) is 13.2 Å². The van der Waals surface area contributed by atoms with E-state index in [9.17, 15) is 8.78 Å². The van der Waals surface area contributed by atoms with E-state index in [0.29, 0.717) is 34.4 Å². The number of hydrogen-bond donors (Lipinski definition) is 0. The van der Waals surface area contributed by atoms with E-state index in [1.807, 2.05) is 0 Å². The number of hydrogen-bond acceptors (Lipinski definition) is 2. The van der Waals surface area contributed by atoms with E-state index >= 15 is 0 Å². The van der Waals surface area contributed by atoms with Crippen molar-refractivity contribution in [1.82, 2.24) is 0 Å². The van der Waals surface area contributed by atoms with Gasteiger partial charge >= 0.3 is 0 Å². The summed E-state index contributed by atoms with van der Waals surface area (Å²) in [5.41, 5.74) is 1.85. The van der Waals surface area contributed by atoms with E-state index in [1.54, 1.807) is 24.3 Å². The van der Waals surface area contributed by atoms with Crippen LogP contribution in [0.3, 0.4) is 0 Å². The molecule has 0 aromatic heterocycles. The molecule has 0 atom stereocenters. The predicted molar refractivity (Wildman–Crippen MR) is 77.2 cm³/mol. The molecule has 0 radical (unpaired) electrons. The first kappa shape index (κ1) is 13.4. The van der Waals surface area contributed by atoms with Crippen molar-refractivity contribution in [2.75, 3.05) is 13.2 Å². The fourth-order valence-corrected chi connectivity index (χ4v) is 3.27. The summed E-state index contributed by atoms with van der Waals surface area (Å²) in [6.45, 7) is 0.983. The van der Waals surface area contributed by atoms with Gasteiger partial charge in [-0.3, -0.25) is 0 Å². The molecule has 0 saturated carbocycles. The van der Waals surface area contributed by atoms with Crippen LogP contribution in [0.4, 0.5) is 8.78 Å². The van der Waals surface area contributed by atoms with Gasteiger partial charge in [0.2, 0.25) is 0 Å². The van der Waals surface area contributed by atoms with Crippen LogP contribution in [0.2, 0.25) is 0 Å². The summed E-state index contributed by atoms with van der Waals surface area (Å²) in [7, 11) is 0. The molecule has 2 aromatic carbocycles. The van der Waals surface area contributed by atoms with Crippen LogP contribution in [0.25, 0.3) is 11.1 Å². The van der Waals surface area contributed by atoms with Crippen molar-refractivity contribution in [2.45, 2.75) is 12.2 Å². The largest absolute Gasteiger partial charge is 0.346 e. The predicted octanol–water partition coefficient (Wildman–Crippen LogP) is 4.62. The molecule has 5 heteroatoms. The third-order valence-electron chi connectivity index (χ3n) is 3.89. The van der Waals surface area contributed by atoms with Crippen LogP contribution < -0.4 is 0 Å². The molecule has 1 saturated heterocycles. The molecule has 2 nitrogen and oxygen atoms in total. The van der Waals surface area contributed by atoms with Gasteiger partial charge in [0.15, 0.2) is 6.29 Å². The molecule has 21 heavy (non-hydrogen) atoms. The molecule has 1 aliphatic carbocycles. The Morgan fingerprint density at radius 2 is 1.57 bits per heavy atom. The molecular formula is C16H11BrF2O2. The summed E-state index contributed by atoms with van der Waals surface area (Å²) in [5.74, 6) is -3.00. The summed E-state index contributed by atoms with van der Waals surface area (Å²) >= 11 is 3.26. The van der Waals surface area contributed by atoms with Gasteiger partial charge < -0.3 is 9.47 Å². The first-order valence-electron chi connectivity index (χ1n) is 6.63. The van der Waals surface area contributed by atoms with Crippen molar-refractivity contribution >= 4 is 15.9 Å². The van der Waals surface area contributed by atoms with Crippen molar-refractivity contribution in [3.63, 3.8) is 0 Å². The number of fused-ring (bicyclic) bond motifs is 3. The third-order valence-corrected chi connectivity index (χ3v) is 4.38. The summed E-state index contributed by atoms with van der Waals surface area (Å²) < 4.78 is 40.8. The first-order valence-corrected chi connectivity index (χ1v) is 7.42. The zero-order valence-electron chi connectivity index (χ0n) is 10.9. The Bertz CT molecular complexity index is 724. The lowest BCUT2D eigenvalue weighted by Gasteiger charge is -2.15. The highest BCUT2D eigenvalue weighted by atomic mass is 79.9. The highest BCUT2D eigenvalue weighted by molar-refractivity contribution is 9.10. The number of ether oxygens (including phenoxy) is 2. The molecular weight excluding hydrogens is 342 g/mol. The second-order valence-electron chi connectivity index (χ2n) is 5.14. The molecule has 0 N–H and O–H groups in total. The Balaban J connectivity index is 1.87. The topological polar surface area (TPSA) is 18.5 Å². The van der Waals surface area contributed by atoms with Crippen molar-refractivity contribution in [3.8, 4) is 11.1 Å². The Labute approximate surface area is 128 Å². The van der Waals surface area contributed by atoms with Crippen molar-refractivity contribution in [1.29, 1.82) is 0 Å². The molecule has 0 spiro atoms. The van der Waals surface area contributed by atoms with Crippen LogP contribution >= 0.6 is 15.9 Å². The summed E-state index contributed by atoms with van der Waals surface area (Å²) in [5, 5.41) is 0. The van der Waals surface area contributed by atoms with E-state index < -0.39 is 12.2 Å². The second-order valence-corrected chi connectivity index (χ2v) is 6.06. The summed E-state index contributed by atoms with van der Waals surface area (Å²) in [6, 6.07) is 10.0. The molecule has 1 aliphatic heterocycles. The Hall–Kier alpha value is -1.30. The van der Waals surface area contributed by atoms with Crippen LogP contribution in [0, 0.1) is 0 Å². The summed E-state index contributed by atoms with van der Waals surface area (Å²) in [4.78, 5) is 0. The Morgan fingerprint density at radius 1 is 0.952 bits per heavy atom. The van der Waals surface area contributed by atoms with Crippen LogP contribution in [-0.2, 0) is 15.4 Å². The molecule has 2 aromatic rings. The maximum atomic E-state index is 14.7. The van der Waals surface area contributed by atoms with Crippen LogP contribution in [0.1, 0.15) is 23.0 Å². The average molecular weight is 353 g/mol. The smallest absolute Gasteiger partial charge is 0.299 e. The lowest BCUT2D eigenvalue weighted by atomic mass is 10.0. The minimum atomic E-state index is -3.00. The van der Waals surface area contributed by atoms with E-state index in [1.165, 1.54) is 12.1 Å². The molecule has 1 fully saturated rings. The van der Waals surface area contributed by atoms with Gasteiger partial charge in [0, 0.05) is 21.2 Å². The monoisotopic (exact) mass is 352 g/mol. The van der Waals surface area contributed by atoms with Gasteiger partial charge in [-0.05, 0) is 29.3 Å². The van der Waals surface area contributed by atoms with Crippen LogP contribution in [0.5, 0.6) is 0 Å². The normalized spacial score (nSPS) is 19.6. The molecule has 0 amide bonds. The number of alkyl halides is 2. The van der Waals surface area contributed by atoms with E-state index in [-0.39, 0.29) is 11.1 Å². The van der Waals surface area contributed by atoms with Crippen molar-refractivity contribution in [3.05, 3.63) is 57.6 Å². The highest BCUT2D eigenvalue weighted by Gasteiger charge is 2.44. The van der Waals surface area contributed by atoms with Gasteiger partial charge in [-0.1, -0.05) is 34.1 Å². The molecule has 2 aliphatic rings. The SMILES string of the molecule is FC1(F)c2cc(Br)ccc2-c2ccc(C3OCCO3)cc21. The van der Waals surface area contributed by atoms with Gasteiger partial charge in [-0.25, -0.2) is 0 Å². The molecule has 4 rings (SSSR count). The van der Waals surface area contributed by atoms with Gasteiger partial charge in [0.05, 0.1) is 13.2 Å². The van der Waals surface area contributed by atoms with Crippen LogP contribution in [0.15, 0.2) is 40.9 Å². The molecule has 0 bridgehead atoms. The van der Waals surface area contributed by atoms with Crippen molar-refractivity contribution < 1.29 is 18.3 Å². The average Bonchev–Trinajstić information content (AvgIpc) is 3.06. The Morgan fingerprint density at radius 3 is 2.29 bits per heavy atom. The van der Waals surface area contributed by atoms with Gasteiger partial charge in [-0.2, -0.15) is 8.78 Å². The first-order chi connectivity index (χ1) is 10.1. The lowest BCUT2D eigenvalue weighted by molar-refractivity contribution is -0.0444. The number of rotatable bonds is 1. The van der Waals surface area contributed by atoms with Crippen molar-refractivity contribution in [2.24, 2.45) is 0 Å². The van der Waals surface area contributed by atoms with Gasteiger partial charge in [0.25, 0.3) is 5.92 Å². The minimum Gasteiger partial charge on any atom is -0.346 e. The number of halogens is 3. The van der Waals surface area contributed by atoms with Gasteiger partial charge in [0.1, 0.15) is 0 Å². The maximum absolute atomic E-state index is 14.7. The standard InChI is InChI=1S/C16H11BrF2O2/c17-10-2-4-12-11-3-1-9(15-20-5-6-21-15)7-13(11)16(18,19)14(12)8-10/h1-4,7-8,15H,5-6H2. The zero-order chi connectivity index (χ0) is 14.6. The third kappa shape index (κ3) is 1.95. The summed E-state index contributed by atoms with van der Waals surface area (Å²) in [6.07, 6.45) is -0.540. The van der Waals surface area contributed by atoms with Gasteiger partial charge in [-0.15, -0.1) is 0 Å². The molecule has 1 heterocycles. The fourth-order valence-electron chi connectivity index (χ4n) is 2.91. The fraction of sp³-hybridized carbons (Fsp3) is 0.250. The Kier molecular flexibility index (Phi) is 2.93. The maximum Gasteiger partial charge on any atom is 0.299 e. The minimum absolute atomic E-state index is 0.0206. The van der Waals surface area contributed by atoms with E-state index in [0.717, 1.165) is 0 Å². The zero-order valence-corrected chi connectivity index (χ0v) is 12.5. The molecule has 0 unspecified atom stereocenters. The quantitative estimate of drug-likeness (QED) is 0.745. The second kappa shape index (κ2) is 4.60. The lowest BCUT2D eigenvalue weighted by Crippen LogP contribution is -2.12. The molecule has 108 valence electrons.